The van der Waals surface area contributed by atoms with E-state index in [1.165, 1.54) is 0 Å². The molecule has 0 aliphatic carbocycles. The number of aryl methyl sites for hydroxylation is 1. The van der Waals surface area contributed by atoms with Crippen molar-refractivity contribution in [2.24, 2.45) is 0 Å². The molecular formula is C31H21ClF10O. The molecule has 0 spiro atoms. The normalized spacial score (nSPS) is 11.7. The average Bonchev–Trinajstić information content (AvgIpc) is 2.88. The van der Waals surface area contributed by atoms with Crippen LogP contribution in [0.4, 0.5) is 43.9 Å². The summed E-state index contributed by atoms with van der Waals surface area (Å²) in [6.07, 6.45) is -0.789. The third kappa shape index (κ3) is 6.92. The summed E-state index contributed by atoms with van der Waals surface area (Å²) in [5.41, 5.74) is -4.10. The zero-order valence-corrected chi connectivity index (χ0v) is 23.0. The van der Waals surface area contributed by atoms with E-state index in [0.717, 1.165) is 31.4 Å². The molecule has 12 heteroatoms. The highest BCUT2D eigenvalue weighted by molar-refractivity contribution is 6.31. The van der Waals surface area contributed by atoms with Crippen LogP contribution in [0.25, 0.3) is 22.3 Å². The Morgan fingerprint density at radius 1 is 0.605 bits per heavy atom. The molecule has 0 saturated carbocycles. The molecule has 4 aromatic rings. The van der Waals surface area contributed by atoms with Crippen LogP contribution in [0.1, 0.15) is 43.7 Å². The second kappa shape index (κ2) is 12.9. The van der Waals surface area contributed by atoms with E-state index in [0.29, 0.717) is 42.7 Å². The predicted molar refractivity (Wildman–Crippen MR) is 141 cm³/mol. The van der Waals surface area contributed by atoms with Crippen molar-refractivity contribution in [2.45, 2.75) is 45.1 Å². The molecule has 0 atom stereocenters. The summed E-state index contributed by atoms with van der Waals surface area (Å²) < 4.78 is 148. The number of alkyl halides is 2. The Balaban J connectivity index is 1.66. The van der Waals surface area contributed by atoms with Gasteiger partial charge in [0.2, 0.25) is 0 Å². The molecule has 228 valence electrons. The molecule has 0 saturated heterocycles. The van der Waals surface area contributed by atoms with Crippen LogP contribution in [-0.2, 0) is 12.5 Å². The van der Waals surface area contributed by atoms with Crippen LogP contribution in [0.2, 0.25) is 5.02 Å². The van der Waals surface area contributed by atoms with Crippen LogP contribution in [0.15, 0.2) is 48.5 Å². The third-order valence-electron chi connectivity index (χ3n) is 6.58. The standard InChI is InChI=1S/C31H21ClF10O/c1-2-3-4-5-6-15-7-20(33)28(21(34)8-15)17-10-22(35)27(23(36)11-17)16-9-19(32)29(24(37)12-16)31(41,42)43-18-13-25(38)30(40)26(39)14-18/h7-14H,2-6H2,1H3. The Bertz CT molecular complexity index is 1580. The van der Waals surface area contributed by atoms with Gasteiger partial charge in [-0.1, -0.05) is 37.8 Å². The first-order valence-electron chi connectivity index (χ1n) is 12.9. The molecule has 0 N–H and O–H groups in total. The minimum Gasteiger partial charge on any atom is -0.429 e. The van der Waals surface area contributed by atoms with E-state index < -0.39 is 91.2 Å². The fraction of sp³-hybridized carbons (Fsp3) is 0.226. The second-order valence-electron chi connectivity index (χ2n) is 9.69. The van der Waals surface area contributed by atoms with Crippen molar-refractivity contribution in [3.63, 3.8) is 0 Å². The van der Waals surface area contributed by atoms with E-state index in [1.54, 1.807) is 0 Å². The minimum absolute atomic E-state index is 0.0889. The van der Waals surface area contributed by atoms with Crippen molar-refractivity contribution in [3.05, 3.63) is 111 Å². The van der Waals surface area contributed by atoms with Gasteiger partial charge in [-0.3, -0.25) is 0 Å². The molecule has 0 aromatic heterocycles. The van der Waals surface area contributed by atoms with Gasteiger partial charge in [0, 0.05) is 12.1 Å². The maximum Gasteiger partial charge on any atom is 0.431 e. The van der Waals surface area contributed by atoms with Crippen molar-refractivity contribution in [3.8, 4) is 28.0 Å². The lowest BCUT2D eigenvalue weighted by Gasteiger charge is -2.21. The molecule has 0 bridgehead atoms. The number of ether oxygens (including phenoxy) is 1. The molecule has 0 fully saturated rings. The second-order valence-corrected chi connectivity index (χ2v) is 10.1. The van der Waals surface area contributed by atoms with Gasteiger partial charge in [-0.05, 0) is 65.9 Å². The molecule has 4 rings (SSSR count). The van der Waals surface area contributed by atoms with E-state index in [4.69, 9.17) is 11.6 Å². The van der Waals surface area contributed by atoms with Gasteiger partial charge < -0.3 is 4.74 Å². The predicted octanol–water partition coefficient (Wildman–Crippen LogP) is 11.0. The summed E-state index contributed by atoms with van der Waals surface area (Å²) >= 11 is 5.81. The average molecular weight is 635 g/mol. The fourth-order valence-electron chi connectivity index (χ4n) is 4.58. The van der Waals surface area contributed by atoms with E-state index in [1.807, 2.05) is 6.92 Å². The number of hydrogen-bond acceptors (Lipinski definition) is 1. The molecule has 0 heterocycles. The first kappa shape index (κ1) is 32.2. The molecule has 1 nitrogen and oxygen atoms in total. The number of benzene rings is 4. The Morgan fingerprint density at radius 3 is 1.60 bits per heavy atom. The maximum absolute atomic E-state index is 15.1. The summed E-state index contributed by atoms with van der Waals surface area (Å²) in [6, 6.07) is 4.36. The van der Waals surface area contributed by atoms with Gasteiger partial charge in [0.1, 0.15) is 40.4 Å². The van der Waals surface area contributed by atoms with Crippen molar-refractivity contribution < 1.29 is 48.6 Å². The van der Waals surface area contributed by atoms with Crippen LogP contribution in [0.5, 0.6) is 5.75 Å². The Hall–Kier alpha value is -3.73. The molecule has 0 amide bonds. The van der Waals surface area contributed by atoms with Crippen LogP contribution < -0.4 is 4.74 Å². The van der Waals surface area contributed by atoms with Gasteiger partial charge in [0.15, 0.2) is 17.5 Å². The van der Waals surface area contributed by atoms with E-state index in [9.17, 15) is 35.1 Å². The van der Waals surface area contributed by atoms with Crippen molar-refractivity contribution in [2.75, 3.05) is 0 Å². The fourth-order valence-corrected chi connectivity index (χ4v) is 4.90. The quantitative estimate of drug-likeness (QED) is 0.0958. The van der Waals surface area contributed by atoms with Crippen molar-refractivity contribution >= 4 is 11.6 Å². The molecule has 0 radical (unpaired) electrons. The van der Waals surface area contributed by atoms with Crippen LogP contribution in [0.3, 0.4) is 0 Å². The smallest absolute Gasteiger partial charge is 0.429 e. The zero-order chi connectivity index (χ0) is 31.6. The lowest BCUT2D eigenvalue weighted by Crippen LogP contribution is -2.24. The van der Waals surface area contributed by atoms with Crippen LogP contribution in [-0.4, -0.2) is 0 Å². The first-order valence-corrected chi connectivity index (χ1v) is 13.3. The highest BCUT2D eigenvalue weighted by Gasteiger charge is 2.41. The minimum atomic E-state index is -4.69. The van der Waals surface area contributed by atoms with Gasteiger partial charge in [-0.15, -0.1) is 0 Å². The van der Waals surface area contributed by atoms with Crippen molar-refractivity contribution in [1.29, 1.82) is 0 Å². The van der Waals surface area contributed by atoms with E-state index in [2.05, 4.69) is 4.74 Å². The molecule has 0 unspecified atom stereocenters. The Labute approximate surface area is 244 Å². The highest BCUT2D eigenvalue weighted by atomic mass is 35.5. The molecular weight excluding hydrogens is 614 g/mol. The molecule has 0 aliphatic heterocycles. The highest BCUT2D eigenvalue weighted by Crippen LogP contribution is 2.42. The van der Waals surface area contributed by atoms with Crippen LogP contribution in [0, 0.1) is 46.5 Å². The van der Waals surface area contributed by atoms with Crippen molar-refractivity contribution in [1.82, 2.24) is 0 Å². The van der Waals surface area contributed by atoms with E-state index >= 15 is 8.78 Å². The molecule has 0 aliphatic rings. The lowest BCUT2D eigenvalue weighted by molar-refractivity contribution is -0.187. The zero-order valence-electron chi connectivity index (χ0n) is 22.2. The van der Waals surface area contributed by atoms with Gasteiger partial charge in [0.25, 0.3) is 0 Å². The van der Waals surface area contributed by atoms with Crippen LogP contribution >= 0.6 is 11.6 Å². The summed E-state index contributed by atoms with van der Waals surface area (Å²) in [5, 5.41) is -1.10. The number of hydrogen-bond donors (Lipinski definition) is 0. The van der Waals surface area contributed by atoms with E-state index in [-0.39, 0.29) is 12.1 Å². The summed E-state index contributed by atoms with van der Waals surface area (Å²) in [4.78, 5) is 0. The largest absolute Gasteiger partial charge is 0.431 e. The summed E-state index contributed by atoms with van der Waals surface area (Å²) in [6.45, 7) is 2.01. The number of halogens is 11. The first-order chi connectivity index (χ1) is 20.2. The van der Waals surface area contributed by atoms with Gasteiger partial charge in [0.05, 0.1) is 16.1 Å². The molecule has 43 heavy (non-hydrogen) atoms. The lowest BCUT2D eigenvalue weighted by atomic mass is 9.95. The maximum atomic E-state index is 15.1. The molecule has 4 aromatic carbocycles. The SMILES string of the molecule is CCCCCCc1cc(F)c(-c2cc(F)c(-c3cc(F)c(C(F)(F)Oc4cc(F)c(F)c(F)c4)c(Cl)c3)c(F)c2)c(F)c1. The number of unbranched alkanes of at least 4 members (excludes halogenated alkanes) is 3. The monoisotopic (exact) mass is 634 g/mol. The topological polar surface area (TPSA) is 9.23 Å². The summed E-state index contributed by atoms with van der Waals surface area (Å²) in [5.74, 6) is -13.7. The third-order valence-corrected chi connectivity index (χ3v) is 6.87. The van der Waals surface area contributed by atoms with Gasteiger partial charge in [-0.2, -0.15) is 8.78 Å². The Kier molecular flexibility index (Phi) is 9.63. The number of rotatable bonds is 10. The summed E-state index contributed by atoms with van der Waals surface area (Å²) in [7, 11) is 0. The van der Waals surface area contributed by atoms with Gasteiger partial charge in [-0.25, -0.2) is 35.1 Å². The Morgan fingerprint density at radius 2 is 1.09 bits per heavy atom. The van der Waals surface area contributed by atoms with Gasteiger partial charge >= 0.3 is 6.11 Å².